The molecule has 1 saturated heterocycles. The van der Waals surface area contributed by atoms with Gasteiger partial charge in [-0.15, -0.1) is 11.3 Å². The van der Waals surface area contributed by atoms with Crippen LogP contribution in [0.2, 0.25) is 0 Å². The summed E-state index contributed by atoms with van der Waals surface area (Å²) in [6, 6.07) is 9.58. The fourth-order valence-electron chi connectivity index (χ4n) is 5.19. The summed E-state index contributed by atoms with van der Waals surface area (Å²) in [4.78, 5) is 22.9. The largest absolute Gasteiger partial charge is 0.478 e. The van der Waals surface area contributed by atoms with E-state index in [4.69, 9.17) is 0 Å². The number of aliphatic carboxylic acids is 1. The molecule has 2 N–H and O–H groups in total. The summed E-state index contributed by atoms with van der Waals surface area (Å²) >= 11 is 1.04. The molecule has 1 aliphatic rings. The Morgan fingerprint density at radius 2 is 2.00 bits per heavy atom. The highest BCUT2D eigenvalue weighted by Gasteiger charge is 2.29. The number of carboxylic acid groups (broad SMARTS) is 1. The number of hydrogen-bond donors (Lipinski definition) is 2. The van der Waals surface area contributed by atoms with E-state index in [9.17, 15) is 28.3 Å². The summed E-state index contributed by atoms with van der Waals surface area (Å²) in [6.07, 6.45) is -2.17. The normalized spacial score (nSPS) is 15.0. The topological polar surface area (TPSA) is 107 Å². The minimum absolute atomic E-state index is 0.00987. The van der Waals surface area contributed by atoms with Crippen LogP contribution in [0.3, 0.4) is 0 Å². The number of nitriles is 1. The van der Waals surface area contributed by atoms with E-state index in [1.54, 1.807) is 10.6 Å². The maximum Gasteiger partial charge on any atom is 0.393 e. The van der Waals surface area contributed by atoms with Gasteiger partial charge in [-0.25, -0.2) is 14.8 Å². The molecular formula is C28H27F3N6O2S. The Morgan fingerprint density at radius 1 is 1.25 bits per heavy atom. The molecule has 1 aromatic carbocycles. The number of aryl methyl sites for hydroxylation is 1. The van der Waals surface area contributed by atoms with E-state index in [1.165, 1.54) is 12.4 Å². The van der Waals surface area contributed by atoms with Gasteiger partial charge in [-0.3, -0.25) is 4.90 Å². The monoisotopic (exact) mass is 568 g/mol. The quantitative estimate of drug-likeness (QED) is 0.265. The van der Waals surface area contributed by atoms with Crippen LogP contribution in [0.25, 0.3) is 21.1 Å². The minimum atomic E-state index is -4.27. The van der Waals surface area contributed by atoms with Gasteiger partial charge in [0.05, 0.1) is 18.4 Å². The van der Waals surface area contributed by atoms with Crippen LogP contribution in [0, 0.1) is 18.3 Å². The van der Waals surface area contributed by atoms with Gasteiger partial charge in [0, 0.05) is 47.0 Å². The highest BCUT2D eigenvalue weighted by Crippen LogP contribution is 2.33. The van der Waals surface area contributed by atoms with E-state index in [2.05, 4.69) is 32.8 Å². The number of carboxylic acids is 1. The fraction of sp³-hybridized carbons (Fsp3) is 0.357. The molecule has 40 heavy (non-hydrogen) atoms. The summed E-state index contributed by atoms with van der Waals surface area (Å²) < 4.78 is 40.3. The summed E-state index contributed by atoms with van der Waals surface area (Å²) in [7, 11) is 0. The number of anilines is 1. The van der Waals surface area contributed by atoms with Gasteiger partial charge in [0.25, 0.3) is 0 Å². The lowest BCUT2D eigenvalue weighted by atomic mass is 10.0. The van der Waals surface area contributed by atoms with Crippen LogP contribution in [-0.2, 0) is 24.3 Å². The van der Waals surface area contributed by atoms with Crippen LogP contribution in [0.1, 0.15) is 34.5 Å². The van der Waals surface area contributed by atoms with E-state index in [-0.39, 0.29) is 23.0 Å². The average Bonchev–Trinajstić information content (AvgIpc) is 3.47. The number of thiophene rings is 1. The highest BCUT2D eigenvalue weighted by atomic mass is 32.1. The van der Waals surface area contributed by atoms with Crippen molar-refractivity contribution >= 4 is 44.2 Å². The number of halogens is 3. The van der Waals surface area contributed by atoms with Crippen molar-refractivity contribution in [3.8, 4) is 6.07 Å². The van der Waals surface area contributed by atoms with E-state index >= 15 is 0 Å². The van der Waals surface area contributed by atoms with Gasteiger partial charge >= 0.3 is 12.1 Å². The Bertz CT molecular complexity index is 1640. The first-order chi connectivity index (χ1) is 19.0. The lowest BCUT2D eigenvalue weighted by Crippen LogP contribution is -2.39. The molecule has 0 unspecified atom stereocenters. The third-order valence-corrected chi connectivity index (χ3v) is 8.35. The Balaban J connectivity index is 1.25. The first-order valence-electron chi connectivity index (χ1n) is 12.7. The molecule has 5 rings (SSSR count). The number of carbonyl (C=O) groups is 1. The second-order valence-corrected chi connectivity index (χ2v) is 11.2. The molecule has 0 amide bonds. The minimum Gasteiger partial charge on any atom is -0.478 e. The Morgan fingerprint density at radius 3 is 2.67 bits per heavy atom. The van der Waals surface area contributed by atoms with E-state index in [0.717, 1.165) is 65.8 Å². The second-order valence-electron chi connectivity index (χ2n) is 10.1. The molecule has 1 fully saturated rings. The van der Waals surface area contributed by atoms with Crippen molar-refractivity contribution in [3.63, 3.8) is 0 Å². The maximum absolute atomic E-state index is 12.9. The number of aromatic nitrogens is 3. The zero-order chi connectivity index (χ0) is 28.6. The molecule has 8 nitrogen and oxygen atoms in total. The van der Waals surface area contributed by atoms with Gasteiger partial charge in [-0.1, -0.05) is 12.6 Å². The lowest BCUT2D eigenvalue weighted by Gasteiger charge is -2.33. The fourth-order valence-corrected chi connectivity index (χ4v) is 6.22. The predicted octanol–water partition coefficient (Wildman–Crippen LogP) is 5.65. The van der Waals surface area contributed by atoms with Gasteiger partial charge in [0.2, 0.25) is 0 Å². The molecule has 0 atom stereocenters. The Labute approximate surface area is 232 Å². The number of benzene rings is 1. The van der Waals surface area contributed by atoms with Crippen LogP contribution in [-0.4, -0.2) is 55.8 Å². The van der Waals surface area contributed by atoms with Crippen LogP contribution in [0.15, 0.2) is 42.7 Å². The predicted molar refractivity (Wildman–Crippen MR) is 147 cm³/mol. The van der Waals surface area contributed by atoms with Crippen LogP contribution in [0.5, 0.6) is 0 Å². The van der Waals surface area contributed by atoms with E-state index < -0.39 is 18.6 Å². The molecule has 12 heteroatoms. The zero-order valence-electron chi connectivity index (χ0n) is 21.8. The summed E-state index contributed by atoms with van der Waals surface area (Å²) in [6.45, 7) is 8.03. The molecule has 3 aromatic heterocycles. The first-order valence-corrected chi connectivity index (χ1v) is 13.6. The summed E-state index contributed by atoms with van der Waals surface area (Å²) in [5, 5.41) is 23.8. The number of hydrogen-bond acceptors (Lipinski definition) is 7. The van der Waals surface area contributed by atoms with Crippen molar-refractivity contribution < 1.29 is 23.1 Å². The van der Waals surface area contributed by atoms with E-state index in [1.807, 2.05) is 19.1 Å². The number of alkyl halides is 3. The van der Waals surface area contributed by atoms with Crippen LogP contribution in [0.4, 0.5) is 19.0 Å². The SMILES string of the molecule is C=C(Cn1c(C#N)cc2c(C)c(CN3CCC(Nc4ncnc5sc(CC(F)(F)F)cc45)CC3)ccc21)C(=O)O. The standard InChI is InChI=1S/C28H27F3N6O2S/c1-16(27(38)39)13-37-20(12-32)9-22-17(2)18(3-4-24(22)37)14-36-7-5-19(6-8-36)35-25-23-10-21(11-28(29,30)31)40-26(23)34-15-33-25/h3-4,9-10,15,19H,1,5-8,11,13-14H2,2H3,(H,38,39)(H,33,34,35). The Hall–Kier alpha value is -3.95. The number of likely N-dealkylation sites (tertiary alicyclic amines) is 1. The van der Waals surface area contributed by atoms with Gasteiger partial charge < -0.3 is 15.0 Å². The van der Waals surface area contributed by atoms with E-state index in [0.29, 0.717) is 21.7 Å². The molecule has 0 bridgehead atoms. The molecule has 0 radical (unpaired) electrons. The van der Waals surface area contributed by atoms with Gasteiger partial charge in [0.15, 0.2) is 0 Å². The first kappa shape index (κ1) is 27.6. The molecule has 4 aromatic rings. The average molecular weight is 569 g/mol. The third kappa shape index (κ3) is 5.80. The Kier molecular flexibility index (Phi) is 7.53. The number of nitrogens with zero attached hydrogens (tertiary/aromatic N) is 5. The van der Waals surface area contributed by atoms with Crippen molar-refractivity contribution in [1.29, 1.82) is 5.26 Å². The smallest absolute Gasteiger partial charge is 0.393 e. The van der Waals surface area contributed by atoms with Gasteiger partial charge in [-0.2, -0.15) is 18.4 Å². The molecule has 1 aliphatic heterocycles. The second kappa shape index (κ2) is 10.9. The molecule has 0 spiro atoms. The molecule has 0 aliphatic carbocycles. The summed E-state index contributed by atoms with van der Waals surface area (Å²) in [5.74, 6) is -0.527. The number of piperidine rings is 1. The highest BCUT2D eigenvalue weighted by molar-refractivity contribution is 7.18. The molecule has 0 saturated carbocycles. The van der Waals surface area contributed by atoms with Gasteiger partial charge in [0.1, 0.15) is 28.7 Å². The summed E-state index contributed by atoms with van der Waals surface area (Å²) in [5.41, 5.74) is 3.37. The number of rotatable bonds is 8. The molecule has 208 valence electrons. The molecular weight excluding hydrogens is 541 g/mol. The van der Waals surface area contributed by atoms with Crippen LogP contribution < -0.4 is 5.32 Å². The van der Waals surface area contributed by atoms with Crippen molar-refractivity contribution in [2.45, 2.75) is 51.5 Å². The maximum atomic E-state index is 12.9. The molecule has 4 heterocycles. The number of nitrogens with one attached hydrogen (secondary N) is 1. The number of fused-ring (bicyclic) bond motifs is 2. The van der Waals surface area contributed by atoms with Crippen molar-refractivity contribution in [2.24, 2.45) is 0 Å². The third-order valence-electron chi connectivity index (χ3n) is 7.31. The van der Waals surface area contributed by atoms with Crippen molar-refractivity contribution in [3.05, 3.63) is 64.4 Å². The van der Waals surface area contributed by atoms with Gasteiger partial charge in [-0.05, 0) is 49.1 Å². The van der Waals surface area contributed by atoms with Crippen LogP contribution >= 0.6 is 11.3 Å². The van der Waals surface area contributed by atoms with Crippen molar-refractivity contribution in [1.82, 2.24) is 19.4 Å². The zero-order valence-corrected chi connectivity index (χ0v) is 22.6. The van der Waals surface area contributed by atoms with Crippen molar-refractivity contribution in [2.75, 3.05) is 18.4 Å². The lowest BCUT2D eigenvalue weighted by molar-refractivity contribution is -0.133.